The number of likely N-dealkylation sites (tertiary alicyclic amines) is 1. The predicted octanol–water partition coefficient (Wildman–Crippen LogP) is 2.71. The zero-order valence-corrected chi connectivity index (χ0v) is 15.4. The molecule has 2 aliphatic rings. The van der Waals surface area contributed by atoms with Gasteiger partial charge >= 0.3 is 5.69 Å². The predicted molar refractivity (Wildman–Crippen MR) is 104 cm³/mol. The van der Waals surface area contributed by atoms with Crippen molar-refractivity contribution in [1.29, 1.82) is 0 Å². The molecule has 0 spiro atoms. The molecule has 4 rings (SSSR count). The standard InChI is InChI=1S/C20H22N4O4/c25-20(15-8-10-23(11-9-15)16-12-28-13-16)22-19-18(24(26)27)7-6-17(21-19)14-4-2-1-3-5-14/h1-7,15-16H,8-13H2,(H,21,22,25). The Bertz CT molecular complexity index is 862. The highest BCUT2D eigenvalue weighted by Crippen LogP contribution is 2.29. The Morgan fingerprint density at radius 1 is 1.14 bits per heavy atom. The van der Waals surface area contributed by atoms with E-state index in [1.807, 2.05) is 30.3 Å². The van der Waals surface area contributed by atoms with E-state index in [0.29, 0.717) is 11.7 Å². The molecule has 0 radical (unpaired) electrons. The molecule has 146 valence electrons. The van der Waals surface area contributed by atoms with E-state index in [1.165, 1.54) is 6.07 Å². The lowest BCUT2D eigenvalue weighted by Crippen LogP contribution is -2.52. The molecule has 8 heteroatoms. The number of benzene rings is 1. The lowest BCUT2D eigenvalue weighted by Gasteiger charge is -2.41. The number of nitro groups is 1. The second-order valence-corrected chi connectivity index (χ2v) is 7.18. The third kappa shape index (κ3) is 3.88. The Hall–Kier alpha value is -2.84. The number of nitrogens with zero attached hydrogens (tertiary/aromatic N) is 3. The molecule has 0 saturated carbocycles. The van der Waals surface area contributed by atoms with Crippen molar-refractivity contribution in [1.82, 2.24) is 9.88 Å². The highest BCUT2D eigenvalue weighted by Gasteiger charge is 2.32. The van der Waals surface area contributed by atoms with Crippen LogP contribution in [0, 0.1) is 16.0 Å². The van der Waals surface area contributed by atoms with Gasteiger partial charge in [0.2, 0.25) is 11.7 Å². The summed E-state index contributed by atoms with van der Waals surface area (Å²) in [6, 6.07) is 12.8. The molecule has 1 aromatic heterocycles. The topological polar surface area (TPSA) is 97.6 Å². The first kappa shape index (κ1) is 18.5. The van der Waals surface area contributed by atoms with Crippen LogP contribution in [0.4, 0.5) is 11.5 Å². The number of carbonyl (C=O) groups excluding carboxylic acids is 1. The number of hydrogen-bond acceptors (Lipinski definition) is 6. The van der Waals surface area contributed by atoms with Gasteiger partial charge < -0.3 is 10.1 Å². The van der Waals surface area contributed by atoms with Gasteiger partial charge in [-0.15, -0.1) is 0 Å². The molecular formula is C20H22N4O4. The van der Waals surface area contributed by atoms with Crippen molar-refractivity contribution < 1.29 is 14.5 Å². The van der Waals surface area contributed by atoms with E-state index in [1.54, 1.807) is 6.07 Å². The Labute approximate surface area is 162 Å². The SMILES string of the molecule is O=C(Nc1nc(-c2ccccc2)ccc1[N+](=O)[O-])C1CCN(C2COC2)CC1. The number of hydrogen-bond donors (Lipinski definition) is 1. The van der Waals surface area contributed by atoms with Crippen molar-refractivity contribution in [3.05, 3.63) is 52.6 Å². The van der Waals surface area contributed by atoms with Crippen LogP contribution in [0.2, 0.25) is 0 Å². The summed E-state index contributed by atoms with van der Waals surface area (Å²) >= 11 is 0. The molecule has 2 fully saturated rings. The molecule has 2 aromatic rings. The van der Waals surface area contributed by atoms with Gasteiger partial charge in [0.25, 0.3) is 0 Å². The van der Waals surface area contributed by atoms with Gasteiger partial charge in [-0.3, -0.25) is 19.8 Å². The van der Waals surface area contributed by atoms with Crippen LogP contribution in [0.3, 0.4) is 0 Å². The number of ether oxygens (including phenoxy) is 1. The van der Waals surface area contributed by atoms with E-state index >= 15 is 0 Å². The average molecular weight is 382 g/mol. The molecule has 3 heterocycles. The van der Waals surface area contributed by atoms with Gasteiger partial charge in [0.05, 0.1) is 29.9 Å². The summed E-state index contributed by atoms with van der Waals surface area (Å²) in [5.41, 5.74) is 1.22. The summed E-state index contributed by atoms with van der Waals surface area (Å²) in [5.74, 6) is -0.365. The monoisotopic (exact) mass is 382 g/mol. The molecule has 1 amide bonds. The number of rotatable bonds is 5. The van der Waals surface area contributed by atoms with Crippen LogP contribution < -0.4 is 5.32 Å². The van der Waals surface area contributed by atoms with E-state index in [0.717, 1.165) is 44.7 Å². The maximum atomic E-state index is 12.7. The first-order chi connectivity index (χ1) is 13.6. The lowest BCUT2D eigenvalue weighted by molar-refractivity contribution is -0.384. The molecule has 0 aliphatic carbocycles. The summed E-state index contributed by atoms with van der Waals surface area (Å²) in [6.07, 6.45) is 1.46. The lowest BCUT2D eigenvalue weighted by atomic mass is 9.94. The highest BCUT2D eigenvalue weighted by molar-refractivity contribution is 5.94. The minimum Gasteiger partial charge on any atom is -0.378 e. The number of carbonyl (C=O) groups is 1. The Kier molecular flexibility index (Phi) is 5.31. The van der Waals surface area contributed by atoms with Crippen LogP contribution in [0.15, 0.2) is 42.5 Å². The second kappa shape index (κ2) is 8.04. The largest absolute Gasteiger partial charge is 0.378 e. The molecule has 1 aromatic carbocycles. The Morgan fingerprint density at radius 3 is 2.46 bits per heavy atom. The zero-order valence-electron chi connectivity index (χ0n) is 15.4. The second-order valence-electron chi connectivity index (χ2n) is 7.18. The fourth-order valence-electron chi connectivity index (χ4n) is 3.64. The average Bonchev–Trinajstić information content (AvgIpc) is 2.67. The number of amides is 1. The van der Waals surface area contributed by atoms with Gasteiger partial charge in [-0.05, 0) is 32.0 Å². The highest BCUT2D eigenvalue weighted by atomic mass is 16.6. The van der Waals surface area contributed by atoms with E-state index in [4.69, 9.17) is 4.74 Å². The Morgan fingerprint density at radius 2 is 1.86 bits per heavy atom. The molecule has 2 aliphatic heterocycles. The molecule has 2 saturated heterocycles. The molecule has 8 nitrogen and oxygen atoms in total. The van der Waals surface area contributed by atoms with Crippen molar-refractivity contribution in [2.75, 3.05) is 31.6 Å². The van der Waals surface area contributed by atoms with Crippen LogP contribution in [0.1, 0.15) is 12.8 Å². The van der Waals surface area contributed by atoms with Gasteiger partial charge in [0.15, 0.2) is 0 Å². The minimum atomic E-state index is -0.517. The van der Waals surface area contributed by atoms with Crippen LogP contribution in [0.25, 0.3) is 11.3 Å². The summed E-state index contributed by atoms with van der Waals surface area (Å²) in [5, 5.41) is 14.1. The van der Waals surface area contributed by atoms with E-state index in [9.17, 15) is 14.9 Å². The van der Waals surface area contributed by atoms with Gasteiger partial charge in [-0.1, -0.05) is 30.3 Å². The molecule has 0 bridgehead atoms. The molecule has 0 unspecified atom stereocenters. The molecular weight excluding hydrogens is 360 g/mol. The van der Waals surface area contributed by atoms with Crippen LogP contribution in [-0.4, -0.2) is 53.1 Å². The first-order valence-corrected chi connectivity index (χ1v) is 9.45. The maximum absolute atomic E-state index is 12.7. The van der Waals surface area contributed by atoms with Gasteiger partial charge in [0, 0.05) is 17.5 Å². The molecule has 0 atom stereocenters. The molecule has 28 heavy (non-hydrogen) atoms. The third-order valence-corrected chi connectivity index (χ3v) is 5.42. The van der Waals surface area contributed by atoms with E-state index in [2.05, 4.69) is 15.2 Å². The van der Waals surface area contributed by atoms with Gasteiger partial charge in [-0.2, -0.15) is 0 Å². The van der Waals surface area contributed by atoms with Gasteiger partial charge in [0.1, 0.15) is 0 Å². The van der Waals surface area contributed by atoms with Crippen LogP contribution in [-0.2, 0) is 9.53 Å². The van der Waals surface area contributed by atoms with Crippen LogP contribution in [0.5, 0.6) is 0 Å². The summed E-state index contributed by atoms with van der Waals surface area (Å²) in [4.78, 5) is 30.3. The fraction of sp³-hybridized carbons (Fsp3) is 0.400. The van der Waals surface area contributed by atoms with Crippen molar-refractivity contribution in [3.8, 4) is 11.3 Å². The van der Waals surface area contributed by atoms with Crippen LogP contribution >= 0.6 is 0 Å². The fourth-order valence-corrected chi connectivity index (χ4v) is 3.64. The normalized spacial score (nSPS) is 18.4. The number of pyridine rings is 1. The minimum absolute atomic E-state index is 0.00572. The van der Waals surface area contributed by atoms with Gasteiger partial charge in [-0.25, -0.2) is 4.98 Å². The van der Waals surface area contributed by atoms with Crippen molar-refractivity contribution in [2.45, 2.75) is 18.9 Å². The van der Waals surface area contributed by atoms with Crippen molar-refractivity contribution in [2.24, 2.45) is 5.92 Å². The van der Waals surface area contributed by atoms with Crippen molar-refractivity contribution in [3.63, 3.8) is 0 Å². The number of piperidine rings is 1. The number of aromatic nitrogens is 1. The maximum Gasteiger partial charge on any atom is 0.311 e. The number of nitrogens with one attached hydrogen (secondary N) is 1. The molecule has 1 N–H and O–H groups in total. The quantitative estimate of drug-likeness (QED) is 0.631. The smallest absolute Gasteiger partial charge is 0.311 e. The number of anilines is 1. The van der Waals surface area contributed by atoms with E-state index < -0.39 is 4.92 Å². The third-order valence-electron chi connectivity index (χ3n) is 5.42. The first-order valence-electron chi connectivity index (χ1n) is 9.45. The Balaban J connectivity index is 1.48. The van der Waals surface area contributed by atoms with E-state index in [-0.39, 0.29) is 23.3 Å². The summed E-state index contributed by atoms with van der Waals surface area (Å²) in [6.45, 7) is 3.20. The van der Waals surface area contributed by atoms with Crippen molar-refractivity contribution >= 4 is 17.4 Å². The zero-order chi connectivity index (χ0) is 19.5. The summed E-state index contributed by atoms with van der Waals surface area (Å²) in [7, 11) is 0. The summed E-state index contributed by atoms with van der Waals surface area (Å²) < 4.78 is 5.23.